The molecule has 0 spiro atoms. The molecule has 6 nitrogen and oxygen atoms in total. The Morgan fingerprint density at radius 1 is 1.04 bits per heavy atom. The third kappa shape index (κ3) is 4.63. The highest BCUT2D eigenvalue weighted by Crippen LogP contribution is 2.22. The lowest BCUT2D eigenvalue weighted by molar-refractivity contribution is 0.181. The lowest BCUT2D eigenvalue weighted by Crippen LogP contribution is -2.48. The van der Waals surface area contributed by atoms with E-state index in [1.54, 1.807) is 30.3 Å². The van der Waals surface area contributed by atoms with Gasteiger partial charge in [0.15, 0.2) is 11.6 Å². The van der Waals surface area contributed by atoms with Gasteiger partial charge in [-0.2, -0.15) is 4.31 Å². The van der Waals surface area contributed by atoms with Crippen molar-refractivity contribution in [2.45, 2.75) is 18.4 Å². The summed E-state index contributed by atoms with van der Waals surface area (Å²) < 4.78 is 51.3. The first-order chi connectivity index (χ1) is 13.4. The molecule has 28 heavy (non-hydrogen) atoms. The Morgan fingerprint density at radius 3 is 2.29 bits per heavy atom. The molecule has 1 heterocycles. The van der Waals surface area contributed by atoms with Crippen molar-refractivity contribution in [3.05, 3.63) is 53.8 Å². The molecule has 8 heteroatoms. The quantitative estimate of drug-likeness (QED) is 0.705. The van der Waals surface area contributed by atoms with Crippen LogP contribution in [0.5, 0.6) is 11.5 Å². The van der Waals surface area contributed by atoms with Crippen LogP contribution in [0.2, 0.25) is 0 Å². The van der Waals surface area contributed by atoms with Crippen molar-refractivity contribution in [3.8, 4) is 11.5 Å². The van der Waals surface area contributed by atoms with E-state index in [9.17, 15) is 12.8 Å². The van der Waals surface area contributed by atoms with E-state index in [2.05, 4.69) is 4.90 Å². The molecular weight excluding hydrogens is 383 g/mol. The van der Waals surface area contributed by atoms with Gasteiger partial charge in [0.2, 0.25) is 10.0 Å². The molecule has 2 aromatic carbocycles. The van der Waals surface area contributed by atoms with Crippen LogP contribution >= 0.6 is 0 Å². The van der Waals surface area contributed by atoms with Crippen LogP contribution in [-0.2, 0) is 16.6 Å². The van der Waals surface area contributed by atoms with Crippen molar-refractivity contribution in [3.63, 3.8) is 0 Å². The Kier molecular flexibility index (Phi) is 6.53. The Bertz CT molecular complexity index is 895. The van der Waals surface area contributed by atoms with Gasteiger partial charge in [-0.05, 0) is 48.9 Å². The average Bonchev–Trinajstić information content (AvgIpc) is 2.69. The highest BCUT2D eigenvalue weighted by Gasteiger charge is 2.28. The van der Waals surface area contributed by atoms with Crippen LogP contribution in [0.3, 0.4) is 0 Å². The van der Waals surface area contributed by atoms with Crippen LogP contribution in [0.1, 0.15) is 12.5 Å². The van der Waals surface area contributed by atoms with E-state index < -0.39 is 15.8 Å². The van der Waals surface area contributed by atoms with E-state index in [1.165, 1.54) is 17.5 Å². The lowest BCUT2D eigenvalue weighted by atomic mass is 10.2. The molecule has 0 amide bonds. The highest BCUT2D eigenvalue weighted by molar-refractivity contribution is 7.89. The third-order valence-corrected chi connectivity index (χ3v) is 6.64. The molecular formula is C20H25FN2O4S. The molecule has 0 unspecified atom stereocenters. The van der Waals surface area contributed by atoms with E-state index in [4.69, 9.17) is 9.47 Å². The van der Waals surface area contributed by atoms with Gasteiger partial charge < -0.3 is 9.47 Å². The molecule has 0 atom stereocenters. The van der Waals surface area contributed by atoms with Gasteiger partial charge in [0.25, 0.3) is 0 Å². The van der Waals surface area contributed by atoms with Crippen molar-refractivity contribution in [2.75, 3.05) is 39.9 Å². The molecule has 1 saturated heterocycles. The van der Waals surface area contributed by atoms with Crippen molar-refractivity contribution in [1.82, 2.24) is 9.21 Å². The number of nitrogens with zero attached hydrogens (tertiary/aromatic N) is 2. The maximum atomic E-state index is 13.8. The summed E-state index contributed by atoms with van der Waals surface area (Å²) in [6.07, 6.45) is 0. The van der Waals surface area contributed by atoms with Crippen LogP contribution in [0.25, 0.3) is 0 Å². The normalized spacial score (nSPS) is 16.1. The molecule has 0 N–H and O–H groups in total. The van der Waals surface area contributed by atoms with E-state index in [0.29, 0.717) is 45.1 Å². The summed E-state index contributed by atoms with van der Waals surface area (Å²) in [5.74, 6) is 0.477. The number of methoxy groups -OCH3 is 1. The zero-order valence-electron chi connectivity index (χ0n) is 16.1. The number of hydrogen-bond donors (Lipinski definition) is 0. The van der Waals surface area contributed by atoms with Crippen molar-refractivity contribution < 1.29 is 22.3 Å². The molecule has 0 radical (unpaired) electrons. The van der Waals surface area contributed by atoms with E-state index in [0.717, 1.165) is 5.56 Å². The average molecular weight is 408 g/mol. The first kappa shape index (κ1) is 20.6. The molecule has 2 aromatic rings. The maximum Gasteiger partial charge on any atom is 0.243 e. The largest absolute Gasteiger partial charge is 0.494 e. The van der Waals surface area contributed by atoms with Gasteiger partial charge in [-0.15, -0.1) is 0 Å². The fourth-order valence-corrected chi connectivity index (χ4v) is 4.64. The first-order valence-electron chi connectivity index (χ1n) is 9.22. The Morgan fingerprint density at radius 2 is 1.71 bits per heavy atom. The number of ether oxygens (including phenoxy) is 2. The molecule has 1 aliphatic heterocycles. The summed E-state index contributed by atoms with van der Waals surface area (Å²) in [5, 5.41) is 0. The highest BCUT2D eigenvalue weighted by atomic mass is 32.2. The summed E-state index contributed by atoms with van der Waals surface area (Å²) in [4.78, 5) is 2.38. The lowest BCUT2D eigenvalue weighted by Gasteiger charge is -2.34. The molecule has 0 aliphatic carbocycles. The summed E-state index contributed by atoms with van der Waals surface area (Å²) in [6, 6.07) is 11.4. The summed E-state index contributed by atoms with van der Waals surface area (Å²) in [6.45, 7) is 4.95. The van der Waals surface area contributed by atoms with Crippen LogP contribution in [-0.4, -0.2) is 57.5 Å². The zero-order valence-corrected chi connectivity index (χ0v) is 16.9. The SMILES string of the molecule is CCOc1ccc(S(=O)(=O)N2CCN(Cc3ccc(OC)c(F)c3)CC2)cc1. The fraction of sp³-hybridized carbons (Fsp3) is 0.400. The molecule has 3 rings (SSSR count). The molecule has 1 aliphatic rings. The molecule has 152 valence electrons. The topological polar surface area (TPSA) is 59.1 Å². The summed E-state index contributed by atoms with van der Waals surface area (Å²) in [5.41, 5.74) is 0.834. The van der Waals surface area contributed by atoms with Crippen LogP contribution in [0, 0.1) is 5.82 Å². The van der Waals surface area contributed by atoms with Gasteiger partial charge in [-0.3, -0.25) is 4.90 Å². The molecule has 0 aromatic heterocycles. The van der Waals surface area contributed by atoms with Gasteiger partial charge in [-0.1, -0.05) is 6.07 Å². The van der Waals surface area contributed by atoms with Crippen LogP contribution in [0.15, 0.2) is 47.4 Å². The maximum absolute atomic E-state index is 13.8. The second-order valence-electron chi connectivity index (χ2n) is 6.55. The number of hydrogen-bond acceptors (Lipinski definition) is 5. The van der Waals surface area contributed by atoms with Gasteiger partial charge in [0.1, 0.15) is 5.75 Å². The smallest absolute Gasteiger partial charge is 0.243 e. The third-order valence-electron chi connectivity index (χ3n) is 4.73. The number of benzene rings is 2. The van der Waals surface area contributed by atoms with E-state index >= 15 is 0 Å². The molecule has 0 saturated carbocycles. The van der Waals surface area contributed by atoms with Crippen molar-refractivity contribution in [2.24, 2.45) is 0 Å². The minimum absolute atomic E-state index is 0.218. The zero-order chi connectivity index (χ0) is 20.1. The number of halogens is 1. The molecule has 0 bridgehead atoms. The van der Waals surface area contributed by atoms with Gasteiger partial charge in [-0.25, -0.2) is 12.8 Å². The Labute approximate surface area is 165 Å². The Hall–Kier alpha value is -2.16. The van der Waals surface area contributed by atoms with Crippen molar-refractivity contribution in [1.29, 1.82) is 0 Å². The summed E-state index contributed by atoms with van der Waals surface area (Å²) >= 11 is 0. The fourth-order valence-electron chi connectivity index (χ4n) is 3.22. The standard InChI is InChI=1S/C20H25FN2O4S/c1-3-27-17-5-7-18(8-6-17)28(24,25)23-12-10-22(11-13-23)15-16-4-9-20(26-2)19(21)14-16/h4-9,14H,3,10-13,15H2,1-2H3. The predicted molar refractivity (Wildman–Crippen MR) is 105 cm³/mol. The number of piperazine rings is 1. The predicted octanol–water partition coefficient (Wildman–Crippen LogP) is 2.74. The minimum Gasteiger partial charge on any atom is -0.494 e. The number of sulfonamides is 1. The van der Waals surface area contributed by atoms with Crippen LogP contribution < -0.4 is 9.47 Å². The number of rotatable bonds is 7. The second kappa shape index (κ2) is 8.89. The minimum atomic E-state index is -3.53. The van der Waals surface area contributed by atoms with Crippen LogP contribution in [0.4, 0.5) is 4.39 Å². The molecule has 1 fully saturated rings. The first-order valence-corrected chi connectivity index (χ1v) is 10.7. The monoisotopic (exact) mass is 408 g/mol. The van der Waals surface area contributed by atoms with Crippen molar-refractivity contribution >= 4 is 10.0 Å². The summed E-state index contributed by atoms with van der Waals surface area (Å²) in [7, 11) is -2.10. The van der Waals surface area contributed by atoms with Gasteiger partial charge in [0.05, 0.1) is 18.6 Å². The van der Waals surface area contributed by atoms with E-state index in [1.807, 2.05) is 13.0 Å². The van der Waals surface area contributed by atoms with E-state index in [-0.39, 0.29) is 10.6 Å². The van der Waals surface area contributed by atoms with Gasteiger partial charge in [0, 0.05) is 32.7 Å². The second-order valence-corrected chi connectivity index (χ2v) is 8.49. The van der Waals surface area contributed by atoms with Gasteiger partial charge >= 0.3 is 0 Å². The Balaban J connectivity index is 1.60.